The molecule has 0 fully saturated rings. The fraction of sp³-hybridized carbons (Fsp3) is 0.500. The highest BCUT2D eigenvalue weighted by Gasteiger charge is 1.97. The molecule has 0 amide bonds. The van der Waals surface area contributed by atoms with Crippen molar-refractivity contribution in [2.45, 2.75) is 33.6 Å². The van der Waals surface area contributed by atoms with E-state index < -0.39 is 0 Å². The predicted molar refractivity (Wildman–Crippen MR) is 77.0 cm³/mol. The van der Waals surface area contributed by atoms with Crippen molar-refractivity contribution in [2.24, 2.45) is 0 Å². The molecule has 0 aliphatic carbocycles. The molecule has 1 aromatic rings. The Kier molecular flexibility index (Phi) is 7.19. The first kappa shape index (κ1) is 14.8. The molecule has 0 aliphatic rings. The van der Waals surface area contributed by atoms with Gasteiger partial charge in [0, 0.05) is 6.61 Å². The van der Waals surface area contributed by atoms with Gasteiger partial charge in [-0.2, -0.15) is 0 Å². The summed E-state index contributed by atoms with van der Waals surface area (Å²) in [5.74, 6) is 0.904. The lowest BCUT2D eigenvalue weighted by Gasteiger charge is -2.08. The molecule has 0 saturated heterocycles. The van der Waals surface area contributed by atoms with Crippen LogP contribution < -0.4 is 4.74 Å². The summed E-state index contributed by atoms with van der Waals surface area (Å²) < 4.78 is 11.1. The molecule has 1 rings (SSSR count). The minimum absolute atomic E-state index is 0.617. The molecule has 0 bridgehead atoms. The normalized spacial score (nSPS) is 11.6. The molecule has 0 heterocycles. The Labute approximate surface area is 111 Å². The smallest absolute Gasteiger partial charge is 0.119 e. The van der Waals surface area contributed by atoms with Crippen LogP contribution in [0.2, 0.25) is 0 Å². The number of ether oxygens (including phenoxy) is 2. The predicted octanol–water partition coefficient (Wildman–Crippen LogP) is 4.31. The van der Waals surface area contributed by atoms with E-state index in [2.05, 4.69) is 32.1 Å². The Morgan fingerprint density at radius 2 is 1.83 bits per heavy atom. The molecule has 18 heavy (non-hydrogen) atoms. The zero-order valence-corrected chi connectivity index (χ0v) is 11.7. The molecule has 0 N–H and O–H groups in total. The Balaban J connectivity index is 2.27. The summed E-state index contributed by atoms with van der Waals surface area (Å²) in [7, 11) is 0. The van der Waals surface area contributed by atoms with Crippen LogP contribution in [0.5, 0.6) is 5.75 Å². The molecule has 0 unspecified atom stereocenters. The van der Waals surface area contributed by atoms with Crippen molar-refractivity contribution in [2.75, 3.05) is 19.8 Å². The maximum absolute atomic E-state index is 5.61. The van der Waals surface area contributed by atoms with Crippen molar-refractivity contribution < 1.29 is 9.47 Å². The lowest BCUT2D eigenvalue weighted by atomic mass is 10.1. The summed E-state index contributed by atoms with van der Waals surface area (Å²) in [6.45, 7) is 8.43. The number of unbranched alkanes of at least 4 members (excludes halogenated alkanes) is 1. The van der Waals surface area contributed by atoms with Crippen molar-refractivity contribution in [3.8, 4) is 5.75 Å². The molecular weight excluding hydrogens is 224 g/mol. The molecule has 0 aliphatic heterocycles. The van der Waals surface area contributed by atoms with E-state index >= 15 is 0 Å². The highest BCUT2D eigenvalue weighted by atomic mass is 16.5. The van der Waals surface area contributed by atoms with Gasteiger partial charge in [0.1, 0.15) is 12.4 Å². The van der Waals surface area contributed by atoms with Crippen LogP contribution in [0.3, 0.4) is 0 Å². The van der Waals surface area contributed by atoms with Gasteiger partial charge in [-0.15, -0.1) is 0 Å². The monoisotopic (exact) mass is 248 g/mol. The van der Waals surface area contributed by atoms with Crippen LogP contribution in [-0.4, -0.2) is 19.8 Å². The van der Waals surface area contributed by atoms with Crippen molar-refractivity contribution in [1.29, 1.82) is 0 Å². The van der Waals surface area contributed by atoms with Gasteiger partial charge >= 0.3 is 0 Å². The first-order chi connectivity index (χ1) is 8.77. The average molecular weight is 248 g/mol. The third kappa shape index (κ3) is 5.37. The van der Waals surface area contributed by atoms with E-state index in [0.29, 0.717) is 13.2 Å². The van der Waals surface area contributed by atoms with Crippen LogP contribution in [0, 0.1) is 0 Å². The molecule has 100 valence electrons. The average Bonchev–Trinajstić information content (AvgIpc) is 2.42. The van der Waals surface area contributed by atoms with Crippen molar-refractivity contribution in [3.05, 3.63) is 35.9 Å². The summed E-state index contributed by atoms with van der Waals surface area (Å²) in [6, 6.07) is 8.19. The largest absolute Gasteiger partial charge is 0.491 e. The third-order valence-electron chi connectivity index (χ3n) is 2.88. The van der Waals surface area contributed by atoms with Gasteiger partial charge in [0.15, 0.2) is 0 Å². The summed E-state index contributed by atoms with van der Waals surface area (Å²) in [4.78, 5) is 0. The van der Waals surface area contributed by atoms with Crippen LogP contribution in [0.25, 0.3) is 5.57 Å². The second kappa shape index (κ2) is 8.76. The molecule has 0 atom stereocenters. The van der Waals surface area contributed by atoms with E-state index in [1.54, 1.807) is 0 Å². The van der Waals surface area contributed by atoms with Gasteiger partial charge in [-0.05, 0) is 43.5 Å². The Bertz CT molecular complexity index is 352. The highest BCUT2D eigenvalue weighted by Crippen LogP contribution is 2.18. The van der Waals surface area contributed by atoms with Gasteiger partial charge in [-0.25, -0.2) is 0 Å². The first-order valence-electron chi connectivity index (χ1n) is 6.71. The molecular formula is C16H24O2. The van der Waals surface area contributed by atoms with Gasteiger partial charge in [0.2, 0.25) is 0 Å². The van der Waals surface area contributed by atoms with E-state index in [4.69, 9.17) is 9.47 Å². The van der Waals surface area contributed by atoms with E-state index in [1.165, 1.54) is 17.6 Å². The number of allylic oxidation sites excluding steroid dienone is 2. The third-order valence-corrected chi connectivity index (χ3v) is 2.88. The van der Waals surface area contributed by atoms with Gasteiger partial charge in [0.05, 0.1) is 6.61 Å². The SMILES string of the molecule is C/C=C(\C)c1ccc(OCCOCCCC)cc1. The molecule has 0 aromatic heterocycles. The molecule has 0 spiro atoms. The fourth-order valence-corrected chi connectivity index (χ4v) is 1.55. The standard InChI is InChI=1S/C16H24O2/c1-4-6-11-17-12-13-18-16-9-7-15(8-10-16)14(3)5-2/h5,7-10H,4,6,11-13H2,1-3H3/b14-5+. The summed E-state index contributed by atoms with van der Waals surface area (Å²) >= 11 is 0. The second-order valence-electron chi connectivity index (χ2n) is 4.31. The molecule has 0 radical (unpaired) electrons. The Morgan fingerprint density at radius 3 is 2.44 bits per heavy atom. The van der Waals surface area contributed by atoms with Crippen LogP contribution in [0.15, 0.2) is 30.3 Å². The Hall–Kier alpha value is -1.28. The van der Waals surface area contributed by atoms with Crippen LogP contribution in [0.1, 0.15) is 39.2 Å². The van der Waals surface area contributed by atoms with Gasteiger partial charge < -0.3 is 9.47 Å². The first-order valence-corrected chi connectivity index (χ1v) is 6.71. The van der Waals surface area contributed by atoms with Crippen molar-refractivity contribution in [3.63, 3.8) is 0 Å². The summed E-state index contributed by atoms with van der Waals surface area (Å²) in [5, 5.41) is 0. The van der Waals surface area contributed by atoms with E-state index in [-0.39, 0.29) is 0 Å². The van der Waals surface area contributed by atoms with E-state index in [9.17, 15) is 0 Å². The van der Waals surface area contributed by atoms with E-state index in [1.807, 2.05) is 19.1 Å². The quantitative estimate of drug-likeness (QED) is 0.638. The molecule has 1 aromatic carbocycles. The van der Waals surface area contributed by atoms with Gasteiger partial charge in [-0.1, -0.05) is 31.6 Å². The van der Waals surface area contributed by atoms with Crippen LogP contribution in [0.4, 0.5) is 0 Å². The number of rotatable bonds is 8. The summed E-state index contributed by atoms with van der Waals surface area (Å²) in [5.41, 5.74) is 2.52. The molecule has 2 nitrogen and oxygen atoms in total. The molecule has 2 heteroatoms. The lowest BCUT2D eigenvalue weighted by molar-refractivity contribution is 0.0980. The summed E-state index contributed by atoms with van der Waals surface area (Å²) in [6.07, 6.45) is 4.40. The van der Waals surface area contributed by atoms with Gasteiger partial charge in [0.25, 0.3) is 0 Å². The van der Waals surface area contributed by atoms with Crippen LogP contribution in [-0.2, 0) is 4.74 Å². The lowest BCUT2D eigenvalue weighted by Crippen LogP contribution is -2.07. The Morgan fingerprint density at radius 1 is 1.11 bits per heavy atom. The number of hydrogen-bond acceptors (Lipinski definition) is 2. The minimum Gasteiger partial charge on any atom is -0.491 e. The molecule has 0 saturated carbocycles. The maximum atomic E-state index is 5.61. The number of benzene rings is 1. The number of hydrogen-bond donors (Lipinski definition) is 0. The van der Waals surface area contributed by atoms with Crippen molar-refractivity contribution >= 4 is 5.57 Å². The van der Waals surface area contributed by atoms with Crippen molar-refractivity contribution in [1.82, 2.24) is 0 Å². The zero-order valence-electron chi connectivity index (χ0n) is 11.7. The highest BCUT2D eigenvalue weighted by molar-refractivity contribution is 5.63. The topological polar surface area (TPSA) is 18.5 Å². The van der Waals surface area contributed by atoms with Crippen LogP contribution >= 0.6 is 0 Å². The fourth-order valence-electron chi connectivity index (χ4n) is 1.55. The second-order valence-corrected chi connectivity index (χ2v) is 4.31. The van der Waals surface area contributed by atoms with Gasteiger partial charge in [-0.3, -0.25) is 0 Å². The zero-order chi connectivity index (χ0) is 13.2. The maximum Gasteiger partial charge on any atom is 0.119 e. The van der Waals surface area contributed by atoms with E-state index in [0.717, 1.165) is 18.8 Å². The minimum atomic E-state index is 0.617.